The molecule has 0 aliphatic rings. The van der Waals surface area contributed by atoms with Crippen molar-refractivity contribution >= 4 is 76.5 Å². The van der Waals surface area contributed by atoms with Gasteiger partial charge in [-0.15, -0.1) is 0 Å². The van der Waals surface area contributed by atoms with Crippen LogP contribution in [0.2, 0.25) is 10.0 Å². The number of hydrogen-bond donors (Lipinski definition) is 2. The van der Waals surface area contributed by atoms with Gasteiger partial charge in [0.15, 0.2) is 11.6 Å². The van der Waals surface area contributed by atoms with E-state index in [0.717, 1.165) is 18.2 Å². The lowest BCUT2D eigenvalue weighted by molar-refractivity contribution is 0.346. The van der Waals surface area contributed by atoms with Crippen molar-refractivity contribution in [3.8, 4) is 62.0 Å². The number of benzene rings is 7. The molecule has 11 rings (SSSR count). The fraction of sp³-hybridized carbons (Fsp3) is 0.0357. The molecule has 0 spiro atoms. The number of halogens is 11. The predicted molar refractivity (Wildman–Crippen MR) is 290 cm³/mol. The van der Waals surface area contributed by atoms with Crippen LogP contribution < -0.4 is 24.1 Å². The van der Waals surface area contributed by atoms with Gasteiger partial charge >= 0.3 is 10.1 Å². The Labute approximate surface area is 478 Å². The summed E-state index contributed by atoms with van der Waals surface area (Å²) in [7, 11) is -6.98. The smallest absolute Gasteiger partial charge is 0.342 e. The summed E-state index contributed by atoms with van der Waals surface area (Å²) < 4.78 is 204. The molecule has 15 nitrogen and oxygen atoms in total. The normalized spacial score (nSPS) is 11.4. The first-order valence-corrected chi connectivity index (χ1v) is 27.1. The Hall–Kier alpha value is -9.37. The van der Waals surface area contributed by atoms with Gasteiger partial charge in [0, 0.05) is 67.6 Å². The number of anilines is 2. The average Bonchev–Trinajstić information content (AvgIpc) is 1.92. The maximum atomic E-state index is 15.2. The summed E-state index contributed by atoms with van der Waals surface area (Å²) in [6, 6.07) is 27.2. The average molecular weight is 1240 g/mol. The monoisotopic (exact) mass is 1240 g/mol. The number of hydrogen-bond acceptors (Lipinski definition) is 14. The first-order chi connectivity index (χ1) is 40.0. The Morgan fingerprint density at radius 2 is 0.988 bits per heavy atom. The fourth-order valence-electron chi connectivity index (χ4n) is 8.24. The molecule has 0 radical (unpaired) electrons. The highest BCUT2D eigenvalue weighted by atomic mass is 35.5. The van der Waals surface area contributed by atoms with Gasteiger partial charge in [-0.05, 0) is 107 Å². The van der Waals surface area contributed by atoms with Crippen molar-refractivity contribution in [3.63, 3.8) is 0 Å². The molecule has 0 unspecified atom stereocenters. The van der Waals surface area contributed by atoms with Crippen LogP contribution in [0.4, 0.5) is 51.1 Å². The summed E-state index contributed by atoms with van der Waals surface area (Å²) in [6.45, 7) is 0. The summed E-state index contributed by atoms with van der Waals surface area (Å²) in [4.78, 5) is 6.79. The quantitative estimate of drug-likeness (QED) is 0.0504. The molecule has 430 valence electrons. The first-order valence-electron chi connectivity index (χ1n) is 23.5. The molecule has 0 saturated carbocycles. The van der Waals surface area contributed by atoms with Crippen LogP contribution in [0, 0.1) is 52.4 Å². The second-order valence-corrected chi connectivity index (χ2v) is 21.2. The number of nitrogens with one attached hydrogen (secondary N) is 1. The lowest BCUT2D eigenvalue weighted by Gasteiger charge is -2.15. The minimum atomic E-state index is -5.47. The van der Waals surface area contributed by atoms with E-state index in [0.29, 0.717) is 60.9 Å². The van der Waals surface area contributed by atoms with Gasteiger partial charge in [-0.3, -0.25) is 14.7 Å². The molecule has 3 N–H and O–H groups in total. The van der Waals surface area contributed by atoms with Crippen molar-refractivity contribution in [2.75, 3.05) is 24.7 Å². The lowest BCUT2D eigenvalue weighted by Crippen LogP contribution is -2.15. The van der Waals surface area contributed by atoms with E-state index < -0.39 is 88.0 Å². The SMILES string of the molecule is COc1cc(-c2cccc(F)c2)c(Cl)cc1-c1nccc2cc(S(=O)(=O)Nc3ccon3)c(F)cc12.COc1cc(-c2cccc(F)c2)c(Cl)cc1-c1nccc2cc(S(=O)(=O)Oc3c(F)c(F)c(F)c(F)c3F)c(F)cc12.Nc1ccon1. The van der Waals surface area contributed by atoms with Crippen LogP contribution in [0.5, 0.6) is 17.2 Å². The van der Waals surface area contributed by atoms with Gasteiger partial charge in [-0.2, -0.15) is 17.2 Å². The Kier molecular flexibility index (Phi) is 17.1. The highest BCUT2D eigenvalue weighted by Gasteiger charge is 2.33. The van der Waals surface area contributed by atoms with Crippen LogP contribution in [0.25, 0.3) is 66.3 Å². The Bertz CT molecular complexity index is 4550. The number of sulfonamides is 1. The number of ether oxygens (including phenoxy) is 2. The fourth-order valence-corrected chi connectivity index (χ4v) is 10.9. The van der Waals surface area contributed by atoms with Gasteiger partial charge in [0.2, 0.25) is 34.8 Å². The molecule has 28 heteroatoms. The Morgan fingerprint density at radius 3 is 1.42 bits per heavy atom. The zero-order chi connectivity index (χ0) is 60.4. The highest BCUT2D eigenvalue weighted by Crippen LogP contribution is 2.44. The minimum absolute atomic E-state index is 0.0216. The number of fused-ring (bicyclic) bond motifs is 2. The maximum Gasteiger partial charge on any atom is 0.342 e. The number of nitrogen functional groups attached to an aromatic ring is 1. The molecule has 0 aliphatic heterocycles. The molecule has 0 amide bonds. The second kappa shape index (κ2) is 24.2. The third kappa shape index (κ3) is 12.2. The third-order valence-electron chi connectivity index (χ3n) is 12.0. The van der Waals surface area contributed by atoms with Gasteiger partial charge < -0.3 is 28.4 Å². The van der Waals surface area contributed by atoms with Crippen LogP contribution in [-0.4, -0.2) is 51.3 Å². The molecule has 0 saturated heterocycles. The van der Waals surface area contributed by atoms with E-state index in [-0.39, 0.29) is 38.6 Å². The molecule has 0 aliphatic carbocycles. The summed E-state index contributed by atoms with van der Waals surface area (Å²) in [5.41, 5.74) is 8.08. The lowest BCUT2D eigenvalue weighted by atomic mass is 9.98. The number of methoxy groups -OCH3 is 2. The summed E-state index contributed by atoms with van der Waals surface area (Å²) in [5, 5.41) is 8.05. The number of nitrogens with two attached hydrogens (primary N) is 1. The summed E-state index contributed by atoms with van der Waals surface area (Å²) in [5.74, 6) is -17.2. The van der Waals surface area contributed by atoms with E-state index in [2.05, 4.69) is 38.2 Å². The minimum Gasteiger partial charge on any atom is -0.496 e. The number of pyridine rings is 2. The number of aromatic nitrogens is 4. The highest BCUT2D eigenvalue weighted by molar-refractivity contribution is 7.92. The predicted octanol–water partition coefficient (Wildman–Crippen LogP) is 14.5. The molecule has 0 atom stereocenters. The van der Waals surface area contributed by atoms with Gasteiger partial charge in [0.25, 0.3) is 10.0 Å². The van der Waals surface area contributed by atoms with Crippen molar-refractivity contribution < 1.29 is 79.1 Å². The molecule has 0 bridgehead atoms. The summed E-state index contributed by atoms with van der Waals surface area (Å²) in [6.07, 6.45) is 5.30. The van der Waals surface area contributed by atoms with Crippen molar-refractivity contribution in [2.45, 2.75) is 9.79 Å². The van der Waals surface area contributed by atoms with Crippen molar-refractivity contribution in [2.24, 2.45) is 0 Å². The molecule has 84 heavy (non-hydrogen) atoms. The largest absolute Gasteiger partial charge is 0.496 e. The third-order valence-corrected chi connectivity index (χ3v) is 15.3. The molecule has 0 fully saturated rings. The topological polar surface area (TPSA) is 212 Å². The van der Waals surface area contributed by atoms with E-state index in [1.807, 2.05) is 0 Å². The van der Waals surface area contributed by atoms with Crippen LogP contribution in [0.15, 0.2) is 165 Å². The molecule has 4 aromatic heterocycles. The number of rotatable bonds is 12. The molecule has 7 aromatic carbocycles. The van der Waals surface area contributed by atoms with Crippen molar-refractivity contribution in [1.82, 2.24) is 20.3 Å². The van der Waals surface area contributed by atoms with Gasteiger partial charge in [-0.25, -0.2) is 39.2 Å². The zero-order valence-electron chi connectivity index (χ0n) is 42.4. The van der Waals surface area contributed by atoms with E-state index in [4.69, 9.17) is 38.4 Å². The molecular weight excluding hydrogens is 1210 g/mol. The standard InChI is InChI=1S/C28H13ClF7NO4S.C25H16ClF2N3O4S.C3H4N2O/c1-40-20-11-15(12-3-2-4-14(30)7-12)18(29)9-17(20)27-16-10-19(31)21(8-13(16)5-6-37-27)42(38,39)41-28-25(35)23(33)22(32)24(34)26(28)36;1-34-22-13-17(14-3-2-4-16(27)9-14)20(26)11-19(22)25-18-12-21(28)23(10-15(18)5-7-29-25)36(32,33)31-24-6-8-35-30-24;4-3-1-2-6-5-3/h2-11H,1H3;2-13H,1H3,(H,30,31);1-2H,(H2,4,5). The van der Waals surface area contributed by atoms with Crippen molar-refractivity contribution in [3.05, 3.63) is 209 Å². The first kappa shape index (κ1) is 59.3. The maximum absolute atomic E-state index is 15.2. The van der Waals surface area contributed by atoms with Gasteiger partial charge in [0.1, 0.15) is 57.1 Å². The Balaban J connectivity index is 0.000000185. The molecular formula is C56H33Cl2F9N6O9S2. The molecule has 11 aromatic rings. The van der Waals surface area contributed by atoms with Crippen molar-refractivity contribution in [1.29, 1.82) is 0 Å². The van der Waals surface area contributed by atoms with Gasteiger partial charge in [-0.1, -0.05) is 57.8 Å². The van der Waals surface area contributed by atoms with Crippen LogP contribution in [0.3, 0.4) is 0 Å². The Morgan fingerprint density at radius 1 is 0.524 bits per heavy atom. The van der Waals surface area contributed by atoms with E-state index in [1.165, 1.54) is 99.8 Å². The van der Waals surface area contributed by atoms with E-state index in [1.54, 1.807) is 42.5 Å². The second-order valence-electron chi connectivity index (χ2n) is 17.3. The van der Waals surface area contributed by atoms with E-state index in [9.17, 15) is 47.6 Å². The summed E-state index contributed by atoms with van der Waals surface area (Å²) >= 11 is 13.0. The zero-order valence-corrected chi connectivity index (χ0v) is 45.5. The van der Waals surface area contributed by atoms with Crippen LogP contribution >= 0.6 is 23.2 Å². The van der Waals surface area contributed by atoms with E-state index >= 15 is 8.78 Å². The molecule has 4 heterocycles. The van der Waals surface area contributed by atoms with Crippen LogP contribution in [0.1, 0.15) is 0 Å². The number of nitrogens with zero attached hydrogens (tertiary/aromatic N) is 4. The van der Waals surface area contributed by atoms with Gasteiger partial charge in [0.05, 0.1) is 25.6 Å². The van der Waals surface area contributed by atoms with Crippen LogP contribution in [-0.2, 0) is 20.1 Å².